The Bertz CT molecular complexity index is 479. The largest absolute Gasteiger partial charge is 0.465 e. The summed E-state index contributed by atoms with van der Waals surface area (Å²) in [5, 5.41) is 3.82. The third-order valence-electron chi connectivity index (χ3n) is 2.88. The molecule has 0 aromatic heterocycles. The van der Waals surface area contributed by atoms with Gasteiger partial charge >= 0.3 is 5.97 Å². The number of hydrogen-bond acceptors (Lipinski definition) is 3. The Balaban J connectivity index is 2.87. The molecule has 0 unspecified atom stereocenters. The fourth-order valence-electron chi connectivity index (χ4n) is 2.10. The molecule has 1 aromatic carbocycles. The molecule has 0 saturated heterocycles. The number of thiocarbonyl (C=S) groups is 1. The molecule has 0 spiro atoms. The van der Waals surface area contributed by atoms with E-state index in [1.54, 1.807) is 18.2 Å². The number of carbonyl (C=O) groups excluding carboxylic acids is 1. The van der Waals surface area contributed by atoms with Crippen LogP contribution in [0.4, 0.5) is 5.69 Å². The Morgan fingerprint density at radius 2 is 1.85 bits per heavy atom. The zero-order valence-electron chi connectivity index (χ0n) is 12.6. The van der Waals surface area contributed by atoms with Crippen LogP contribution in [-0.4, -0.2) is 35.2 Å². The van der Waals surface area contributed by atoms with E-state index in [9.17, 15) is 4.79 Å². The maximum atomic E-state index is 11.5. The molecule has 5 heteroatoms. The minimum atomic E-state index is -0.357. The van der Waals surface area contributed by atoms with Gasteiger partial charge < -0.3 is 15.0 Å². The Labute approximate surface area is 126 Å². The SMILES string of the molecule is COC(=O)c1cccc(NC(=S)N(C(C)C)C(C)C)c1. The van der Waals surface area contributed by atoms with Crippen molar-refractivity contribution in [3.8, 4) is 0 Å². The first-order valence-electron chi connectivity index (χ1n) is 6.64. The summed E-state index contributed by atoms with van der Waals surface area (Å²) in [4.78, 5) is 13.6. The van der Waals surface area contributed by atoms with Crippen molar-refractivity contribution in [2.24, 2.45) is 0 Å². The summed E-state index contributed by atoms with van der Waals surface area (Å²) in [5.41, 5.74) is 1.28. The highest BCUT2D eigenvalue weighted by atomic mass is 32.1. The summed E-state index contributed by atoms with van der Waals surface area (Å²) >= 11 is 5.45. The summed E-state index contributed by atoms with van der Waals surface area (Å²) < 4.78 is 4.71. The number of ether oxygens (including phenoxy) is 1. The van der Waals surface area contributed by atoms with E-state index in [0.717, 1.165) is 5.69 Å². The molecule has 0 fully saturated rings. The lowest BCUT2D eigenvalue weighted by atomic mass is 10.2. The highest BCUT2D eigenvalue weighted by molar-refractivity contribution is 7.80. The topological polar surface area (TPSA) is 41.6 Å². The van der Waals surface area contributed by atoms with Gasteiger partial charge in [-0.25, -0.2) is 4.79 Å². The number of benzene rings is 1. The summed E-state index contributed by atoms with van der Waals surface area (Å²) in [6.07, 6.45) is 0. The first-order valence-corrected chi connectivity index (χ1v) is 7.05. The van der Waals surface area contributed by atoms with Crippen molar-refractivity contribution in [1.82, 2.24) is 4.90 Å². The van der Waals surface area contributed by atoms with Gasteiger partial charge in [0.1, 0.15) is 0 Å². The number of rotatable bonds is 4. The highest BCUT2D eigenvalue weighted by Crippen LogP contribution is 2.14. The molecule has 20 heavy (non-hydrogen) atoms. The van der Waals surface area contributed by atoms with Gasteiger partial charge in [-0.1, -0.05) is 6.07 Å². The average molecular weight is 294 g/mol. The molecule has 0 bridgehead atoms. The molecule has 0 radical (unpaired) electrons. The Morgan fingerprint density at radius 1 is 1.25 bits per heavy atom. The summed E-state index contributed by atoms with van der Waals surface area (Å²) in [6.45, 7) is 8.38. The second kappa shape index (κ2) is 7.24. The maximum absolute atomic E-state index is 11.5. The van der Waals surface area contributed by atoms with Crippen LogP contribution < -0.4 is 5.32 Å². The third-order valence-corrected chi connectivity index (χ3v) is 3.20. The van der Waals surface area contributed by atoms with Gasteiger partial charge in [-0.15, -0.1) is 0 Å². The van der Waals surface area contributed by atoms with Crippen LogP contribution >= 0.6 is 12.2 Å². The van der Waals surface area contributed by atoms with E-state index in [0.29, 0.717) is 22.8 Å². The third kappa shape index (κ3) is 4.20. The lowest BCUT2D eigenvalue weighted by Crippen LogP contribution is -2.44. The Kier molecular flexibility index (Phi) is 5.95. The van der Waals surface area contributed by atoms with Crippen molar-refractivity contribution in [1.29, 1.82) is 0 Å². The van der Waals surface area contributed by atoms with Gasteiger partial charge in [-0.2, -0.15) is 0 Å². The molecule has 110 valence electrons. The molecule has 1 N–H and O–H groups in total. The minimum absolute atomic E-state index is 0.304. The molecule has 0 atom stereocenters. The number of nitrogens with zero attached hydrogens (tertiary/aromatic N) is 1. The fourth-order valence-corrected chi connectivity index (χ4v) is 2.63. The molecule has 0 heterocycles. The summed E-state index contributed by atoms with van der Waals surface area (Å²) in [6, 6.07) is 7.72. The predicted molar refractivity (Wildman–Crippen MR) is 86.1 cm³/mol. The first kappa shape index (κ1) is 16.4. The maximum Gasteiger partial charge on any atom is 0.337 e. The normalized spacial score (nSPS) is 10.6. The molecule has 4 nitrogen and oxygen atoms in total. The standard InChI is InChI=1S/C15H22N2O2S/c1-10(2)17(11(3)4)15(20)16-13-8-6-7-12(9-13)14(18)19-5/h6-11H,1-5H3,(H,16,20). The van der Waals surface area contributed by atoms with Crippen LogP contribution in [0.2, 0.25) is 0 Å². The van der Waals surface area contributed by atoms with Crippen LogP contribution in [0.3, 0.4) is 0 Å². The summed E-state index contributed by atoms with van der Waals surface area (Å²) in [5.74, 6) is -0.357. The van der Waals surface area contributed by atoms with E-state index in [4.69, 9.17) is 17.0 Å². The second-order valence-corrected chi connectivity index (χ2v) is 5.48. The number of anilines is 1. The van der Waals surface area contributed by atoms with Gasteiger partial charge in [-0.3, -0.25) is 0 Å². The molecular weight excluding hydrogens is 272 g/mol. The number of esters is 1. The molecule has 0 amide bonds. The predicted octanol–water partition coefficient (Wildman–Crippen LogP) is 3.29. The second-order valence-electron chi connectivity index (χ2n) is 5.10. The van der Waals surface area contributed by atoms with Gasteiger partial charge in [0.05, 0.1) is 12.7 Å². The van der Waals surface area contributed by atoms with E-state index in [1.807, 2.05) is 6.07 Å². The van der Waals surface area contributed by atoms with Crippen LogP contribution in [0.1, 0.15) is 38.1 Å². The lowest BCUT2D eigenvalue weighted by molar-refractivity contribution is 0.0601. The van der Waals surface area contributed by atoms with E-state index in [2.05, 4.69) is 37.9 Å². The van der Waals surface area contributed by atoms with Crippen molar-refractivity contribution in [2.75, 3.05) is 12.4 Å². The van der Waals surface area contributed by atoms with Gasteiger partial charge in [-0.05, 0) is 58.1 Å². The zero-order valence-corrected chi connectivity index (χ0v) is 13.5. The van der Waals surface area contributed by atoms with Crippen molar-refractivity contribution in [3.63, 3.8) is 0 Å². The number of hydrogen-bond donors (Lipinski definition) is 1. The first-order chi connectivity index (χ1) is 9.36. The molecular formula is C15H22N2O2S. The van der Waals surface area contributed by atoms with Gasteiger partial charge in [0, 0.05) is 17.8 Å². The van der Waals surface area contributed by atoms with Crippen molar-refractivity contribution in [2.45, 2.75) is 39.8 Å². The van der Waals surface area contributed by atoms with Crippen molar-refractivity contribution >= 4 is 29.0 Å². The Hall–Kier alpha value is -1.62. The van der Waals surface area contributed by atoms with Crippen molar-refractivity contribution < 1.29 is 9.53 Å². The van der Waals surface area contributed by atoms with Gasteiger partial charge in [0.15, 0.2) is 5.11 Å². The molecule has 0 aliphatic heterocycles. The van der Waals surface area contributed by atoms with Crippen LogP contribution in [0.15, 0.2) is 24.3 Å². The smallest absolute Gasteiger partial charge is 0.337 e. The van der Waals surface area contributed by atoms with E-state index in [-0.39, 0.29) is 5.97 Å². The molecule has 0 aliphatic carbocycles. The van der Waals surface area contributed by atoms with Crippen LogP contribution in [0.25, 0.3) is 0 Å². The van der Waals surface area contributed by atoms with Crippen molar-refractivity contribution in [3.05, 3.63) is 29.8 Å². The van der Waals surface area contributed by atoms with E-state index >= 15 is 0 Å². The van der Waals surface area contributed by atoms with Gasteiger partial charge in [0.25, 0.3) is 0 Å². The Morgan fingerprint density at radius 3 is 2.35 bits per heavy atom. The number of carbonyl (C=O) groups is 1. The molecule has 1 rings (SSSR count). The lowest BCUT2D eigenvalue weighted by Gasteiger charge is -2.33. The molecule has 1 aromatic rings. The molecule has 0 saturated carbocycles. The molecule has 0 aliphatic rings. The highest BCUT2D eigenvalue weighted by Gasteiger charge is 2.17. The number of methoxy groups -OCH3 is 1. The minimum Gasteiger partial charge on any atom is -0.465 e. The average Bonchev–Trinajstić information content (AvgIpc) is 2.37. The summed E-state index contributed by atoms with van der Waals surface area (Å²) in [7, 11) is 1.37. The quantitative estimate of drug-likeness (QED) is 0.682. The van der Waals surface area contributed by atoms with E-state index in [1.165, 1.54) is 7.11 Å². The number of nitrogens with one attached hydrogen (secondary N) is 1. The monoisotopic (exact) mass is 294 g/mol. The van der Waals surface area contributed by atoms with Crippen LogP contribution in [0.5, 0.6) is 0 Å². The van der Waals surface area contributed by atoms with E-state index < -0.39 is 0 Å². The zero-order chi connectivity index (χ0) is 15.3. The van der Waals surface area contributed by atoms with Crippen LogP contribution in [0, 0.1) is 0 Å². The fraction of sp³-hybridized carbons (Fsp3) is 0.467. The van der Waals surface area contributed by atoms with Gasteiger partial charge in [0.2, 0.25) is 0 Å². The van der Waals surface area contributed by atoms with Crippen LogP contribution in [-0.2, 0) is 4.74 Å².